The summed E-state index contributed by atoms with van der Waals surface area (Å²) in [4.78, 5) is 12.6. The van der Waals surface area contributed by atoms with E-state index in [9.17, 15) is 20.1 Å². The molecule has 0 aliphatic rings. The predicted molar refractivity (Wildman–Crippen MR) is 338 cm³/mol. The summed E-state index contributed by atoms with van der Waals surface area (Å²) >= 11 is 0. The quantitative estimate of drug-likeness (QED) is 0.0361. The summed E-state index contributed by atoms with van der Waals surface area (Å²) in [5, 5.41) is 33.6. The number of carbonyl (C=O) groups excluding carboxylic acids is 1. The Kier molecular flexibility index (Phi) is 64.8. The van der Waals surface area contributed by atoms with E-state index in [0.29, 0.717) is 6.42 Å². The number of rotatable bonds is 65. The molecule has 1 amide bonds. The zero-order chi connectivity index (χ0) is 55.0. The number of nitrogens with one attached hydrogen (secondary N) is 1. The fourth-order valence-corrected chi connectivity index (χ4v) is 11.1. The molecular weight excluding hydrogens is 931 g/mol. The van der Waals surface area contributed by atoms with Crippen LogP contribution in [0.15, 0.2) is 36.5 Å². The van der Waals surface area contributed by atoms with Gasteiger partial charge in [0.05, 0.1) is 31.3 Å². The molecule has 0 spiro atoms. The summed E-state index contributed by atoms with van der Waals surface area (Å²) < 4.78 is 0. The smallest absolute Gasteiger partial charge is 0.222 e. The standard InChI is InChI=1S/C71H137NO4/c1-3-5-7-9-11-13-15-17-19-21-23-25-27-29-30-31-32-33-34-35-36-37-38-39-40-41-42-44-46-48-50-52-54-56-58-60-62-64-68(74)66-71(76)72-69(67-73)70(75)65-63-61-59-57-55-53-51-49-47-45-43-28-26-24-22-20-18-16-14-12-10-8-6-4-2/h35-36,55,57,63,65,68-70,73-75H,3-34,37-54,56,58-62,64,66-67H2,1-2H3,(H,72,76)/b36-35-,57-55+,65-63+. The molecule has 0 aromatic heterocycles. The van der Waals surface area contributed by atoms with E-state index in [4.69, 9.17) is 0 Å². The first kappa shape index (κ1) is 74.6. The second kappa shape index (κ2) is 66.1. The fraction of sp³-hybridized carbons (Fsp3) is 0.901. The van der Waals surface area contributed by atoms with Crippen LogP contribution in [0, 0.1) is 0 Å². The molecule has 3 atom stereocenters. The summed E-state index contributed by atoms with van der Waals surface area (Å²) in [5.41, 5.74) is 0. The van der Waals surface area contributed by atoms with Gasteiger partial charge in [0.1, 0.15) is 0 Å². The average Bonchev–Trinajstić information content (AvgIpc) is 3.42. The van der Waals surface area contributed by atoms with Crippen molar-refractivity contribution in [2.75, 3.05) is 6.61 Å². The number of allylic oxidation sites excluding steroid dienone is 5. The van der Waals surface area contributed by atoms with E-state index in [1.165, 1.54) is 327 Å². The fourth-order valence-electron chi connectivity index (χ4n) is 11.1. The van der Waals surface area contributed by atoms with Gasteiger partial charge in [-0.25, -0.2) is 0 Å². The lowest BCUT2D eigenvalue weighted by atomic mass is 10.0. The van der Waals surface area contributed by atoms with Crippen LogP contribution in [0.5, 0.6) is 0 Å². The van der Waals surface area contributed by atoms with Crippen molar-refractivity contribution in [1.29, 1.82) is 0 Å². The highest BCUT2D eigenvalue weighted by molar-refractivity contribution is 5.76. The van der Waals surface area contributed by atoms with E-state index < -0.39 is 18.2 Å². The molecular formula is C71H137NO4. The molecule has 5 nitrogen and oxygen atoms in total. The molecule has 0 aromatic carbocycles. The SMILES string of the molecule is CCCCCCCCCCCCCCCCCCCC/C=C\CCCCCCCCCCCCCCCCCC(O)CC(=O)NC(CO)C(O)/C=C/CC/C=C/CCCCCCCCCCCCCCCCCCCC. The Morgan fingerprint density at radius 1 is 0.329 bits per heavy atom. The molecule has 76 heavy (non-hydrogen) atoms. The van der Waals surface area contributed by atoms with E-state index in [1.807, 2.05) is 6.08 Å². The highest BCUT2D eigenvalue weighted by atomic mass is 16.3. The lowest BCUT2D eigenvalue weighted by molar-refractivity contribution is -0.124. The van der Waals surface area contributed by atoms with Crippen molar-refractivity contribution in [2.24, 2.45) is 0 Å². The first-order chi connectivity index (χ1) is 37.5. The number of carbonyl (C=O) groups is 1. The Bertz CT molecular complexity index is 1180. The Balaban J connectivity index is 3.50. The zero-order valence-corrected chi connectivity index (χ0v) is 51.7. The third-order valence-electron chi connectivity index (χ3n) is 16.4. The number of hydrogen-bond donors (Lipinski definition) is 4. The van der Waals surface area contributed by atoms with E-state index in [1.54, 1.807) is 6.08 Å². The van der Waals surface area contributed by atoms with Crippen LogP contribution >= 0.6 is 0 Å². The van der Waals surface area contributed by atoms with Gasteiger partial charge >= 0.3 is 0 Å². The van der Waals surface area contributed by atoms with Crippen LogP contribution in [0.1, 0.15) is 386 Å². The lowest BCUT2D eigenvalue weighted by Crippen LogP contribution is -2.45. The molecule has 0 heterocycles. The topological polar surface area (TPSA) is 89.8 Å². The molecule has 0 saturated heterocycles. The van der Waals surface area contributed by atoms with Crippen molar-refractivity contribution >= 4 is 5.91 Å². The maximum absolute atomic E-state index is 12.6. The van der Waals surface area contributed by atoms with E-state index >= 15 is 0 Å². The third kappa shape index (κ3) is 61.8. The second-order valence-corrected chi connectivity index (χ2v) is 24.1. The number of amides is 1. The molecule has 0 radical (unpaired) electrons. The van der Waals surface area contributed by atoms with Crippen LogP contribution in [0.2, 0.25) is 0 Å². The van der Waals surface area contributed by atoms with Gasteiger partial charge in [-0.1, -0.05) is 359 Å². The van der Waals surface area contributed by atoms with Crippen LogP contribution in [0.25, 0.3) is 0 Å². The Morgan fingerprint density at radius 2 is 0.566 bits per heavy atom. The molecule has 0 aliphatic heterocycles. The summed E-state index contributed by atoms with van der Waals surface area (Å²) in [6.45, 7) is 4.25. The highest BCUT2D eigenvalue weighted by Gasteiger charge is 2.20. The third-order valence-corrected chi connectivity index (χ3v) is 16.4. The number of unbranched alkanes of at least 4 members (excludes halogenated alkanes) is 52. The molecule has 0 bridgehead atoms. The van der Waals surface area contributed by atoms with Gasteiger partial charge < -0.3 is 20.6 Å². The molecule has 4 N–H and O–H groups in total. The van der Waals surface area contributed by atoms with E-state index in [-0.39, 0.29) is 18.9 Å². The summed E-state index contributed by atoms with van der Waals surface area (Å²) in [6.07, 6.45) is 88.3. The van der Waals surface area contributed by atoms with Gasteiger partial charge in [-0.2, -0.15) is 0 Å². The summed E-state index contributed by atoms with van der Waals surface area (Å²) in [5.74, 6) is -0.319. The molecule has 0 aromatic rings. The van der Waals surface area contributed by atoms with Crippen LogP contribution < -0.4 is 5.32 Å². The van der Waals surface area contributed by atoms with E-state index in [2.05, 4.69) is 43.5 Å². The van der Waals surface area contributed by atoms with Gasteiger partial charge in [0.15, 0.2) is 0 Å². The van der Waals surface area contributed by atoms with Crippen LogP contribution in [0.3, 0.4) is 0 Å². The normalized spacial score (nSPS) is 13.3. The molecule has 3 unspecified atom stereocenters. The maximum Gasteiger partial charge on any atom is 0.222 e. The zero-order valence-electron chi connectivity index (χ0n) is 51.7. The molecule has 0 aliphatic carbocycles. The van der Waals surface area contributed by atoms with Crippen molar-refractivity contribution in [3.05, 3.63) is 36.5 Å². The molecule has 5 heteroatoms. The van der Waals surface area contributed by atoms with Crippen LogP contribution in [0.4, 0.5) is 0 Å². The molecule has 450 valence electrons. The average molecular weight is 1070 g/mol. The number of aliphatic hydroxyl groups is 3. The molecule has 0 rings (SSSR count). The Morgan fingerprint density at radius 3 is 0.842 bits per heavy atom. The maximum atomic E-state index is 12.6. The minimum absolute atomic E-state index is 0.00843. The first-order valence-electron chi connectivity index (χ1n) is 34.8. The molecule has 0 saturated carbocycles. The minimum Gasteiger partial charge on any atom is -0.394 e. The van der Waals surface area contributed by atoms with Crippen LogP contribution in [-0.2, 0) is 4.79 Å². The number of aliphatic hydroxyl groups excluding tert-OH is 3. The van der Waals surface area contributed by atoms with E-state index in [0.717, 1.165) is 32.1 Å². The van der Waals surface area contributed by atoms with Gasteiger partial charge in [0, 0.05) is 0 Å². The molecule has 0 fully saturated rings. The van der Waals surface area contributed by atoms with Crippen molar-refractivity contribution in [3.63, 3.8) is 0 Å². The minimum atomic E-state index is -0.953. The van der Waals surface area contributed by atoms with Gasteiger partial charge in [0.25, 0.3) is 0 Å². The Hall–Kier alpha value is -1.43. The van der Waals surface area contributed by atoms with Crippen molar-refractivity contribution < 1.29 is 20.1 Å². The predicted octanol–water partition coefficient (Wildman–Crippen LogP) is 22.5. The summed E-state index contributed by atoms with van der Waals surface area (Å²) in [6, 6.07) is -0.762. The summed E-state index contributed by atoms with van der Waals surface area (Å²) in [7, 11) is 0. The first-order valence-corrected chi connectivity index (χ1v) is 34.8. The van der Waals surface area contributed by atoms with Crippen molar-refractivity contribution in [2.45, 2.75) is 405 Å². The highest BCUT2D eigenvalue weighted by Crippen LogP contribution is 2.19. The van der Waals surface area contributed by atoms with Gasteiger partial charge in [-0.15, -0.1) is 0 Å². The van der Waals surface area contributed by atoms with Crippen molar-refractivity contribution in [3.8, 4) is 0 Å². The number of hydrogen-bond acceptors (Lipinski definition) is 4. The lowest BCUT2D eigenvalue weighted by Gasteiger charge is -2.21. The van der Waals surface area contributed by atoms with Crippen LogP contribution in [-0.4, -0.2) is 46.1 Å². The largest absolute Gasteiger partial charge is 0.394 e. The monoisotopic (exact) mass is 1070 g/mol. The Labute approximate surface area is 476 Å². The van der Waals surface area contributed by atoms with Crippen molar-refractivity contribution in [1.82, 2.24) is 5.32 Å². The second-order valence-electron chi connectivity index (χ2n) is 24.1. The van der Waals surface area contributed by atoms with Gasteiger partial charge in [0.2, 0.25) is 5.91 Å². The van der Waals surface area contributed by atoms with Gasteiger partial charge in [-0.3, -0.25) is 4.79 Å². The van der Waals surface area contributed by atoms with Gasteiger partial charge in [-0.05, 0) is 57.8 Å².